The summed E-state index contributed by atoms with van der Waals surface area (Å²) in [5.74, 6) is 2.30. The molecule has 6 heterocycles. The van der Waals surface area contributed by atoms with E-state index in [0.29, 0.717) is 37.3 Å². The predicted molar refractivity (Wildman–Crippen MR) is 448 cm³/mol. The van der Waals surface area contributed by atoms with Crippen molar-refractivity contribution in [1.29, 1.82) is 0 Å². The molecule has 3 aromatic carbocycles. The van der Waals surface area contributed by atoms with Crippen LogP contribution in [0.4, 0.5) is 25.4 Å². The first-order valence-electron chi connectivity index (χ1n) is 35.9. The average molecular weight is 1480 g/mol. The third kappa shape index (κ3) is 69.8. The lowest BCUT2D eigenvalue weighted by Crippen LogP contribution is -2.54. The maximum atomic E-state index is 12.8. The molecule has 5 aliphatic heterocycles. The Hall–Kier alpha value is -7.01. The Bertz CT molecular complexity index is 2730. The van der Waals surface area contributed by atoms with Gasteiger partial charge in [-0.3, -0.25) is 20.0 Å². The number of nitrogens with one attached hydrogen (secondary N) is 5. The van der Waals surface area contributed by atoms with Gasteiger partial charge in [-0.15, -0.1) is 12.3 Å². The Kier molecular flexibility index (Phi) is 79.8. The summed E-state index contributed by atoms with van der Waals surface area (Å²) in [4.78, 5) is 73.0. The van der Waals surface area contributed by atoms with E-state index in [-0.39, 0.29) is 65.1 Å². The van der Waals surface area contributed by atoms with Crippen LogP contribution in [0, 0.1) is 38.9 Å². The summed E-state index contributed by atoms with van der Waals surface area (Å²) in [5, 5.41) is 12.1. The number of pyridine rings is 1. The van der Waals surface area contributed by atoms with E-state index >= 15 is 0 Å². The van der Waals surface area contributed by atoms with Gasteiger partial charge in [-0.25, -0.2) is 19.0 Å². The van der Waals surface area contributed by atoms with Crippen molar-refractivity contribution in [3.63, 3.8) is 0 Å². The summed E-state index contributed by atoms with van der Waals surface area (Å²) in [5.41, 5.74) is 9.34. The number of benzene rings is 3. The number of halogens is 1. The molecule has 0 unspecified atom stereocenters. The van der Waals surface area contributed by atoms with Crippen molar-refractivity contribution in [1.82, 2.24) is 60.4 Å². The Labute approximate surface area is 641 Å². The monoisotopic (exact) mass is 1480 g/mol. The highest BCUT2D eigenvalue weighted by Gasteiger charge is 2.15. The molecule has 0 bridgehead atoms. The number of aryl methyl sites for hydroxylation is 3. The van der Waals surface area contributed by atoms with E-state index in [1.54, 1.807) is 54.3 Å². The largest absolute Gasteiger partial charge is 0.380 e. The van der Waals surface area contributed by atoms with Crippen LogP contribution < -0.4 is 26.7 Å². The molecule has 604 valence electrons. The second-order valence-corrected chi connectivity index (χ2v) is 24.9. The van der Waals surface area contributed by atoms with E-state index in [0.717, 1.165) is 43.1 Å². The van der Waals surface area contributed by atoms with Gasteiger partial charge in [-0.05, 0) is 200 Å². The highest BCUT2D eigenvalue weighted by atomic mass is 19.1. The molecule has 105 heavy (non-hydrogen) atoms. The van der Waals surface area contributed by atoms with Crippen molar-refractivity contribution in [2.45, 2.75) is 164 Å². The van der Waals surface area contributed by atoms with Gasteiger partial charge in [0.1, 0.15) is 11.6 Å². The molecule has 9 rings (SSSR count). The predicted octanol–water partition coefficient (Wildman–Crippen LogP) is 14.3. The normalized spacial score (nSPS) is 14.7. The Balaban J connectivity index is -0.000000201. The molecular formula is C83H153FN14O7. The standard InChI is InChI=1S/C9H11FN2O.C9H11NO.C9H12O.C7H16N4O.C7H16N2.C7H9NO.C7H15N.C6H14N2.C6H13N.C5H8O.C4H8O.C3H4.4CH4/c1-6-5-7(3-4-8(6)10)12-9(13)11-2;1-7-4-3-5-9(6-7)10-8(2)11;1-8-4-3-5-9(6-8)7-10-2;1-8-7(12)9-11-5-3-10(2)4-6-11;1-3-9-6-4-8(2)5-7-9;1-9-6-7-4-2-3-5-8-7;1-2-8-6-4-3-5-7-8;1-7-3-5-8(2)6-4-7;1-7-5-3-2-4-6-7;1-3-5(6)4-2;1-3-4(2)5;1-3-2;;;;/h3-5H,1-2H3,(H2,11,12,13);3-6H,1-2H3,(H,10,11);3-6H,7H2,1-2H3;3-6H2,1-2H3,(H2,8,9,12);3-7H2,1-2H3;2-5H,6H2,1H3;2-7H2,1H3;3-6H2,1-2H3;2-6H2,1H3;3H,1,4H2,2H3;3H2,1-2H3;1H,2H3;4*1H4. The molecule has 0 radical (unpaired) electrons. The number of piperazine rings is 3. The molecule has 5 amide bonds. The van der Waals surface area contributed by atoms with Crippen LogP contribution in [0.5, 0.6) is 0 Å². The molecule has 5 saturated heterocycles. The summed E-state index contributed by atoms with van der Waals surface area (Å²) < 4.78 is 22.6. The molecule has 22 heteroatoms. The van der Waals surface area contributed by atoms with Crippen molar-refractivity contribution in [2.24, 2.45) is 0 Å². The molecule has 5 aliphatic rings. The minimum absolute atomic E-state index is 0. The third-order valence-electron chi connectivity index (χ3n) is 15.7. The molecular weight excluding hydrogens is 1320 g/mol. The van der Waals surface area contributed by atoms with Gasteiger partial charge in [-0.1, -0.05) is 125 Å². The molecule has 4 aromatic rings. The van der Waals surface area contributed by atoms with E-state index in [2.05, 4.69) is 159 Å². The quantitative estimate of drug-likeness (QED) is 0.0661. The van der Waals surface area contributed by atoms with Crippen molar-refractivity contribution >= 4 is 40.9 Å². The summed E-state index contributed by atoms with van der Waals surface area (Å²) in [6.45, 7) is 44.7. The number of carbonyl (C=O) groups is 5. The van der Waals surface area contributed by atoms with E-state index < -0.39 is 0 Å². The number of nitrogens with zero attached hydrogens (tertiary/aromatic N) is 9. The lowest BCUT2D eigenvalue weighted by atomic mass is 10.1. The van der Waals surface area contributed by atoms with Gasteiger partial charge in [0.2, 0.25) is 5.91 Å². The van der Waals surface area contributed by atoms with Crippen molar-refractivity contribution < 1.29 is 37.8 Å². The number of carbonyl (C=O) groups excluding carboxylic acids is 5. The van der Waals surface area contributed by atoms with Gasteiger partial charge in [0.15, 0.2) is 5.78 Å². The van der Waals surface area contributed by atoms with Crippen LogP contribution in [0.15, 0.2) is 104 Å². The summed E-state index contributed by atoms with van der Waals surface area (Å²) >= 11 is 0. The van der Waals surface area contributed by atoms with Crippen LogP contribution in [0.1, 0.15) is 157 Å². The number of ketones is 2. The van der Waals surface area contributed by atoms with Crippen LogP contribution in [-0.2, 0) is 37.1 Å². The highest BCUT2D eigenvalue weighted by Crippen LogP contribution is 2.14. The van der Waals surface area contributed by atoms with E-state index in [9.17, 15) is 28.4 Å². The van der Waals surface area contributed by atoms with Crippen LogP contribution in [0.2, 0.25) is 0 Å². The van der Waals surface area contributed by atoms with E-state index in [1.165, 1.54) is 173 Å². The number of hydrazine groups is 1. The second-order valence-electron chi connectivity index (χ2n) is 24.9. The number of urea groups is 2. The van der Waals surface area contributed by atoms with Crippen molar-refractivity contribution in [3.8, 4) is 12.3 Å². The number of aromatic nitrogens is 1. The third-order valence-corrected chi connectivity index (χ3v) is 15.7. The van der Waals surface area contributed by atoms with E-state index in [1.807, 2.05) is 74.3 Å². The molecule has 1 aromatic heterocycles. The average Bonchev–Trinajstić information content (AvgIpc) is 0.893. The first-order chi connectivity index (χ1) is 48.2. The fourth-order valence-electron chi connectivity index (χ4n) is 9.10. The number of terminal acetylenes is 1. The van der Waals surface area contributed by atoms with Gasteiger partial charge < -0.3 is 69.8 Å². The zero-order chi connectivity index (χ0) is 76.6. The molecule has 0 atom stereocenters. The van der Waals surface area contributed by atoms with Crippen molar-refractivity contribution in [2.75, 3.05) is 192 Å². The van der Waals surface area contributed by atoms with Gasteiger partial charge in [0, 0.05) is 144 Å². The first kappa shape index (κ1) is 111. The number of Topliss-reactive ketones (excluding diaryl/α,β-unsaturated/α-hetero) is 1. The number of amides is 5. The number of ether oxygens (including phenoxy) is 2. The Morgan fingerprint density at radius 1 is 0.543 bits per heavy atom. The number of piperidine rings is 2. The number of allylic oxidation sites excluding steroid dienone is 1. The Morgan fingerprint density at radius 2 is 0.971 bits per heavy atom. The molecule has 0 saturated carbocycles. The minimum atomic E-state index is -0.314. The summed E-state index contributed by atoms with van der Waals surface area (Å²) in [7, 11) is 17.3. The van der Waals surface area contributed by atoms with Crippen molar-refractivity contribution in [3.05, 3.63) is 138 Å². The number of anilines is 2. The lowest BCUT2D eigenvalue weighted by Gasteiger charge is -2.32. The van der Waals surface area contributed by atoms with Crippen LogP contribution in [-0.4, -0.2) is 255 Å². The maximum Gasteiger partial charge on any atom is 0.329 e. The number of rotatable bonds is 12. The SMILES string of the molecule is C.C.C.C.C#CC.C=CC(=O)CC.CC(=O)Nc1cccc(C)c1.CCC(C)=O.CCN1CCCCC1.CCN1CCN(C)CC1.CN1CCCCC1.CN1CCN(C)CC1.CNC(=O)NN1CCN(C)CC1.CNC(=O)Nc1ccc(F)c(C)c1.COCc1cccc(C)c1.COCc1ccccn1. The van der Waals surface area contributed by atoms with Gasteiger partial charge >= 0.3 is 12.1 Å². The van der Waals surface area contributed by atoms with Gasteiger partial charge in [-0.2, -0.15) is 0 Å². The number of likely N-dealkylation sites (tertiary alicyclic amines) is 2. The molecule has 21 nitrogen and oxygen atoms in total. The highest BCUT2D eigenvalue weighted by molar-refractivity contribution is 5.89. The number of hydrogen-bond acceptors (Lipinski definition) is 16. The number of methoxy groups -OCH3 is 2. The summed E-state index contributed by atoms with van der Waals surface area (Å²) in [6.07, 6.45) is 17.5. The fourth-order valence-corrected chi connectivity index (χ4v) is 9.10. The Morgan fingerprint density at radius 3 is 1.32 bits per heavy atom. The van der Waals surface area contributed by atoms with Crippen LogP contribution >= 0.6 is 0 Å². The zero-order valence-electron chi connectivity index (χ0n) is 66.1. The minimum Gasteiger partial charge on any atom is -0.380 e. The zero-order valence-corrected chi connectivity index (χ0v) is 66.1. The maximum absolute atomic E-state index is 12.8. The lowest BCUT2D eigenvalue weighted by molar-refractivity contribution is -0.117. The topological polar surface area (TPSA) is 203 Å². The van der Waals surface area contributed by atoms with Crippen LogP contribution in [0.25, 0.3) is 0 Å². The smallest absolute Gasteiger partial charge is 0.329 e. The first-order valence-corrected chi connectivity index (χ1v) is 35.9. The second kappa shape index (κ2) is 75.2. The molecule has 0 aliphatic carbocycles. The van der Waals surface area contributed by atoms with Gasteiger partial charge in [0.25, 0.3) is 0 Å². The molecule has 0 spiro atoms. The molecule has 5 fully saturated rings. The van der Waals surface area contributed by atoms with Gasteiger partial charge in [0.05, 0.1) is 18.9 Å². The summed E-state index contributed by atoms with van der Waals surface area (Å²) in [6, 6.07) is 25.8. The van der Waals surface area contributed by atoms with E-state index in [4.69, 9.17) is 9.47 Å². The fraction of sp³-hybridized carbons (Fsp3) is 0.614. The van der Waals surface area contributed by atoms with Crippen LogP contribution in [0.3, 0.4) is 0 Å². The number of hydrogen-bond donors (Lipinski definition) is 5. The molecule has 5 N–H and O–H groups in total. The number of likely N-dealkylation sites (N-methyl/N-ethyl adjacent to an activating group) is 5.